The summed E-state index contributed by atoms with van der Waals surface area (Å²) in [4.78, 5) is 5.72. The smallest absolute Gasteiger partial charge is 0.154 e. The van der Waals surface area contributed by atoms with Crippen LogP contribution in [0.15, 0.2) is 82.8 Å². The van der Waals surface area contributed by atoms with Crippen LogP contribution in [0, 0.1) is 0 Å². The number of benzene rings is 2. The Bertz CT molecular complexity index is 982. The van der Waals surface area contributed by atoms with Gasteiger partial charge in [-0.1, -0.05) is 48.2 Å². The van der Waals surface area contributed by atoms with E-state index in [1.54, 1.807) is 18.9 Å². The lowest BCUT2D eigenvalue weighted by atomic mass is 10.2. The molecular weight excluding hydrogens is 318 g/mol. The van der Waals surface area contributed by atoms with Gasteiger partial charge in [-0.15, -0.1) is 0 Å². The summed E-state index contributed by atoms with van der Waals surface area (Å²) in [6.07, 6.45) is 1.96. The zero-order chi connectivity index (χ0) is 16.4. The van der Waals surface area contributed by atoms with E-state index in [2.05, 4.69) is 10.1 Å². The Kier molecular flexibility index (Phi) is 3.92. The van der Waals surface area contributed by atoms with Crippen LogP contribution in [0.4, 0.5) is 0 Å². The van der Waals surface area contributed by atoms with Gasteiger partial charge < -0.3 is 4.74 Å². The monoisotopic (exact) mass is 333 g/mol. The molecule has 0 atom stereocenters. The summed E-state index contributed by atoms with van der Waals surface area (Å²) in [6.45, 7) is 0. The average molecular weight is 333 g/mol. The molecule has 0 saturated heterocycles. The van der Waals surface area contributed by atoms with Crippen molar-refractivity contribution in [1.29, 1.82) is 0 Å². The van der Waals surface area contributed by atoms with E-state index in [1.807, 2.05) is 77.4 Å². The number of aromatic nitrogens is 3. The standard InChI is InChI=1S/C19H15N3OS/c1-23-15-8-5-9-16(12-15)24-19-11-10-18-20-17(13-22(18)21-19)14-6-3-2-4-7-14/h2-13H,1H3. The Morgan fingerprint density at radius 2 is 1.83 bits per heavy atom. The first-order chi connectivity index (χ1) is 11.8. The van der Waals surface area contributed by atoms with Gasteiger partial charge in [-0.05, 0) is 30.3 Å². The average Bonchev–Trinajstić information content (AvgIpc) is 3.06. The quantitative estimate of drug-likeness (QED) is 0.549. The fourth-order valence-electron chi connectivity index (χ4n) is 2.45. The van der Waals surface area contributed by atoms with Gasteiger partial charge in [0.1, 0.15) is 10.8 Å². The molecule has 0 amide bonds. The van der Waals surface area contributed by atoms with E-state index in [-0.39, 0.29) is 0 Å². The van der Waals surface area contributed by atoms with Crippen LogP contribution in [0.3, 0.4) is 0 Å². The second-order valence-corrected chi connectivity index (χ2v) is 6.34. The van der Waals surface area contributed by atoms with Crippen LogP contribution >= 0.6 is 11.8 Å². The minimum atomic E-state index is 0.837. The highest BCUT2D eigenvalue weighted by atomic mass is 32.2. The van der Waals surface area contributed by atoms with E-state index in [0.717, 1.165) is 32.6 Å². The molecular formula is C19H15N3OS. The predicted molar refractivity (Wildman–Crippen MR) is 95.5 cm³/mol. The van der Waals surface area contributed by atoms with Gasteiger partial charge >= 0.3 is 0 Å². The zero-order valence-corrected chi connectivity index (χ0v) is 13.9. The maximum atomic E-state index is 5.27. The molecule has 0 fully saturated rings. The van der Waals surface area contributed by atoms with E-state index in [1.165, 1.54) is 0 Å². The van der Waals surface area contributed by atoms with Crippen LogP contribution < -0.4 is 4.74 Å². The molecule has 2 aromatic carbocycles. The van der Waals surface area contributed by atoms with E-state index in [9.17, 15) is 0 Å². The van der Waals surface area contributed by atoms with E-state index in [0.29, 0.717) is 0 Å². The number of imidazole rings is 1. The van der Waals surface area contributed by atoms with Crippen molar-refractivity contribution in [3.8, 4) is 17.0 Å². The van der Waals surface area contributed by atoms with Crippen molar-refractivity contribution in [2.75, 3.05) is 7.11 Å². The number of ether oxygens (including phenoxy) is 1. The summed E-state index contributed by atoms with van der Waals surface area (Å²) < 4.78 is 7.09. The fourth-order valence-corrected chi connectivity index (χ4v) is 3.28. The highest BCUT2D eigenvalue weighted by Gasteiger charge is 2.07. The lowest BCUT2D eigenvalue weighted by Crippen LogP contribution is -1.91. The van der Waals surface area contributed by atoms with Gasteiger partial charge in [0.25, 0.3) is 0 Å². The zero-order valence-electron chi connectivity index (χ0n) is 13.1. The summed E-state index contributed by atoms with van der Waals surface area (Å²) in [7, 11) is 1.67. The van der Waals surface area contributed by atoms with Crippen molar-refractivity contribution in [3.05, 3.63) is 72.9 Å². The highest BCUT2D eigenvalue weighted by Crippen LogP contribution is 2.29. The van der Waals surface area contributed by atoms with E-state index >= 15 is 0 Å². The minimum absolute atomic E-state index is 0.837. The normalized spacial score (nSPS) is 10.9. The molecule has 4 aromatic rings. The molecule has 0 saturated carbocycles. The van der Waals surface area contributed by atoms with E-state index in [4.69, 9.17) is 4.74 Å². The van der Waals surface area contributed by atoms with Crippen LogP contribution in [-0.4, -0.2) is 21.7 Å². The Morgan fingerprint density at radius 1 is 0.958 bits per heavy atom. The van der Waals surface area contributed by atoms with Crippen LogP contribution in [0.25, 0.3) is 16.9 Å². The van der Waals surface area contributed by atoms with Gasteiger partial charge in [-0.2, -0.15) is 5.10 Å². The van der Waals surface area contributed by atoms with Crippen molar-refractivity contribution in [3.63, 3.8) is 0 Å². The summed E-state index contributed by atoms with van der Waals surface area (Å²) in [5, 5.41) is 5.56. The second kappa shape index (κ2) is 6.37. The molecule has 5 heteroatoms. The van der Waals surface area contributed by atoms with Crippen molar-refractivity contribution in [1.82, 2.24) is 14.6 Å². The molecule has 0 N–H and O–H groups in total. The molecule has 4 rings (SSSR count). The molecule has 0 unspecified atom stereocenters. The van der Waals surface area contributed by atoms with Crippen molar-refractivity contribution >= 4 is 17.4 Å². The lowest BCUT2D eigenvalue weighted by molar-refractivity contribution is 0.413. The molecule has 0 radical (unpaired) electrons. The molecule has 0 aliphatic rings. The third kappa shape index (κ3) is 2.98. The topological polar surface area (TPSA) is 39.4 Å². The van der Waals surface area contributed by atoms with Gasteiger partial charge in [0.15, 0.2) is 5.65 Å². The minimum Gasteiger partial charge on any atom is -0.497 e. The van der Waals surface area contributed by atoms with Crippen molar-refractivity contribution < 1.29 is 4.74 Å². The molecule has 2 aromatic heterocycles. The largest absolute Gasteiger partial charge is 0.497 e. The molecule has 4 nitrogen and oxygen atoms in total. The van der Waals surface area contributed by atoms with Crippen LogP contribution in [0.5, 0.6) is 5.75 Å². The number of fused-ring (bicyclic) bond motifs is 1. The van der Waals surface area contributed by atoms with Crippen molar-refractivity contribution in [2.24, 2.45) is 0 Å². The maximum absolute atomic E-state index is 5.27. The fraction of sp³-hybridized carbons (Fsp3) is 0.0526. The van der Waals surface area contributed by atoms with Gasteiger partial charge in [0, 0.05) is 10.5 Å². The molecule has 0 spiro atoms. The maximum Gasteiger partial charge on any atom is 0.154 e. The molecule has 118 valence electrons. The third-order valence-electron chi connectivity index (χ3n) is 3.63. The van der Waals surface area contributed by atoms with Crippen LogP contribution in [0.1, 0.15) is 0 Å². The van der Waals surface area contributed by atoms with Crippen LogP contribution in [0.2, 0.25) is 0 Å². The Morgan fingerprint density at radius 3 is 2.67 bits per heavy atom. The molecule has 0 aliphatic heterocycles. The second-order valence-electron chi connectivity index (χ2n) is 5.25. The SMILES string of the molecule is COc1cccc(Sc2ccc3nc(-c4ccccc4)cn3n2)c1. The molecule has 2 heterocycles. The first-order valence-corrected chi connectivity index (χ1v) is 8.37. The number of nitrogens with zero attached hydrogens (tertiary/aromatic N) is 3. The third-order valence-corrected chi connectivity index (χ3v) is 4.55. The summed E-state index contributed by atoms with van der Waals surface area (Å²) in [6, 6.07) is 22.0. The number of hydrogen-bond acceptors (Lipinski definition) is 4. The van der Waals surface area contributed by atoms with Gasteiger partial charge in [-0.3, -0.25) is 0 Å². The first kappa shape index (κ1) is 14.8. The summed E-state index contributed by atoms with van der Waals surface area (Å²) in [5.74, 6) is 0.843. The van der Waals surface area contributed by atoms with E-state index < -0.39 is 0 Å². The number of rotatable bonds is 4. The summed E-state index contributed by atoms with van der Waals surface area (Å²) >= 11 is 1.60. The highest BCUT2D eigenvalue weighted by molar-refractivity contribution is 7.99. The van der Waals surface area contributed by atoms with Gasteiger partial charge in [0.2, 0.25) is 0 Å². The van der Waals surface area contributed by atoms with Crippen LogP contribution in [-0.2, 0) is 0 Å². The molecule has 0 aliphatic carbocycles. The van der Waals surface area contributed by atoms with Gasteiger partial charge in [0.05, 0.1) is 19.0 Å². The Labute approximate surface area is 144 Å². The summed E-state index contributed by atoms with van der Waals surface area (Å²) in [5.41, 5.74) is 2.85. The first-order valence-electron chi connectivity index (χ1n) is 7.55. The molecule has 24 heavy (non-hydrogen) atoms. The number of hydrogen-bond donors (Lipinski definition) is 0. The Hall–Kier alpha value is -2.79. The predicted octanol–water partition coefficient (Wildman–Crippen LogP) is 4.56. The molecule has 0 bridgehead atoms. The van der Waals surface area contributed by atoms with Crippen molar-refractivity contribution in [2.45, 2.75) is 9.92 Å². The van der Waals surface area contributed by atoms with Gasteiger partial charge in [-0.25, -0.2) is 9.50 Å². The number of methoxy groups -OCH3 is 1. The Balaban J connectivity index is 1.65. The lowest BCUT2D eigenvalue weighted by Gasteiger charge is -2.04.